The van der Waals surface area contributed by atoms with E-state index in [0.29, 0.717) is 6.61 Å². The summed E-state index contributed by atoms with van der Waals surface area (Å²) in [6.45, 7) is 13.4. The molecule has 0 fully saturated rings. The molecule has 0 aromatic heterocycles. The molecule has 0 aliphatic heterocycles. The Hall–Kier alpha value is 0.279. The van der Waals surface area contributed by atoms with E-state index >= 15 is 0 Å². The molecule has 0 heterocycles. The normalized spacial score (nSPS) is 13.5. The Balaban J connectivity index is 4.64. The van der Waals surface area contributed by atoms with Gasteiger partial charge in [0.2, 0.25) is 0 Å². The van der Waals surface area contributed by atoms with E-state index < -0.39 is 24.5 Å². The van der Waals surface area contributed by atoms with Gasteiger partial charge in [0.15, 0.2) is 0 Å². The molecule has 0 rings (SSSR count). The first-order valence-electron chi connectivity index (χ1n) is 10.1. The molecule has 0 amide bonds. The third-order valence-electron chi connectivity index (χ3n) is 4.82. The quantitative estimate of drug-likeness (QED) is 0.234. The van der Waals surface area contributed by atoms with E-state index in [1.807, 2.05) is 20.8 Å². The van der Waals surface area contributed by atoms with Crippen LogP contribution in [0.5, 0.6) is 0 Å². The number of rotatable bonds is 12. The first-order valence-corrected chi connectivity index (χ1v) is 18.1. The zero-order chi connectivity index (χ0) is 18.5. The van der Waals surface area contributed by atoms with Gasteiger partial charge in [0.25, 0.3) is 0 Å². The molecule has 0 aliphatic carbocycles. The van der Waals surface area contributed by atoms with Gasteiger partial charge in [0.1, 0.15) is 0 Å². The maximum absolute atomic E-state index is 9.98. The molecule has 0 saturated heterocycles. The van der Waals surface area contributed by atoms with Gasteiger partial charge in [0.05, 0.1) is 0 Å². The first kappa shape index (κ1) is 24.3. The summed E-state index contributed by atoms with van der Waals surface area (Å²) >= 11 is -2.17. The summed E-state index contributed by atoms with van der Waals surface area (Å²) in [5, 5.41) is 9.98. The van der Waals surface area contributed by atoms with Crippen molar-refractivity contribution in [1.82, 2.24) is 0 Å². The minimum absolute atomic E-state index is 0.181. The summed E-state index contributed by atoms with van der Waals surface area (Å²) in [6.07, 6.45) is 7.45. The van der Waals surface area contributed by atoms with E-state index in [0.717, 1.165) is 4.62 Å². The molecule has 1 N–H and O–H groups in total. The zero-order valence-electron chi connectivity index (χ0n) is 17.2. The second kappa shape index (κ2) is 13.5. The molecule has 3 heteroatoms. The van der Waals surface area contributed by atoms with E-state index in [9.17, 15) is 5.11 Å². The van der Waals surface area contributed by atoms with Crippen molar-refractivity contribution in [2.24, 2.45) is 5.41 Å². The number of hydrogen-bond acceptors (Lipinski definition) is 2. The van der Waals surface area contributed by atoms with Crippen molar-refractivity contribution in [3.63, 3.8) is 0 Å². The summed E-state index contributed by atoms with van der Waals surface area (Å²) in [6, 6.07) is 0. The Kier molecular flexibility index (Phi) is 13.6. The van der Waals surface area contributed by atoms with Crippen LogP contribution in [0.2, 0.25) is 13.3 Å². The third kappa shape index (κ3) is 11.0. The predicted molar refractivity (Wildman–Crippen MR) is 109 cm³/mol. The summed E-state index contributed by atoms with van der Waals surface area (Å²) < 4.78 is 11.5. The molecule has 1 unspecified atom stereocenters. The summed E-state index contributed by atoms with van der Waals surface area (Å²) in [5.74, 6) is 5.99. The van der Waals surface area contributed by atoms with Crippen LogP contribution in [0.15, 0.2) is 0 Å². The molecule has 0 bridgehead atoms. The first-order chi connectivity index (χ1) is 11.3. The van der Waals surface area contributed by atoms with Gasteiger partial charge in [-0.3, -0.25) is 0 Å². The van der Waals surface area contributed by atoms with Crippen LogP contribution in [0.3, 0.4) is 0 Å². The zero-order valence-corrected chi connectivity index (χ0v) is 20.1. The molecular formula is C21H42O2Sn. The van der Waals surface area contributed by atoms with Crippen LogP contribution in [0, 0.1) is 17.3 Å². The Morgan fingerprint density at radius 3 is 1.75 bits per heavy atom. The number of hydrogen-bond donors (Lipinski definition) is 1. The van der Waals surface area contributed by atoms with Crippen LogP contribution < -0.4 is 0 Å². The van der Waals surface area contributed by atoms with Gasteiger partial charge in [-0.15, -0.1) is 0 Å². The van der Waals surface area contributed by atoms with Gasteiger partial charge in [-0.05, 0) is 0 Å². The molecule has 142 valence electrons. The Labute approximate surface area is 156 Å². The number of aliphatic hydroxyl groups is 1. The van der Waals surface area contributed by atoms with Crippen LogP contribution in [-0.4, -0.2) is 40.8 Å². The van der Waals surface area contributed by atoms with Crippen molar-refractivity contribution in [1.29, 1.82) is 0 Å². The fourth-order valence-electron chi connectivity index (χ4n) is 2.92. The van der Waals surface area contributed by atoms with Crippen molar-refractivity contribution >= 4 is 18.4 Å². The fourth-order valence-corrected chi connectivity index (χ4v) is 17.3. The number of aliphatic hydroxyl groups excluding tert-OH is 1. The van der Waals surface area contributed by atoms with E-state index in [-0.39, 0.29) is 5.41 Å². The Morgan fingerprint density at radius 2 is 1.38 bits per heavy atom. The maximum atomic E-state index is 9.98. The van der Waals surface area contributed by atoms with Gasteiger partial charge in [0, 0.05) is 0 Å². The van der Waals surface area contributed by atoms with E-state index in [4.69, 9.17) is 4.74 Å². The number of unbranched alkanes of at least 4 members (excludes halogenated alkanes) is 3. The third-order valence-corrected chi connectivity index (χ3v) is 19.3. The Bertz CT molecular complexity index is 340. The molecule has 0 aliphatic rings. The van der Waals surface area contributed by atoms with Gasteiger partial charge in [-0.1, -0.05) is 0 Å². The molecular weight excluding hydrogens is 403 g/mol. The second-order valence-corrected chi connectivity index (χ2v) is 22.1. The van der Waals surface area contributed by atoms with E-state index in [1.54, 1.807) is 0 Å². The molecule has 0 saturated carbocycles. The van der Waals surface area contributed by atoms with Crippen LogP contribution in [0.25, 0.3) is 0 Å². The van der Waals surface area contributed by atoms with Crippen LogP contribution in [0.4, 0.5) is 0 Å². The average molecular weight is 445 g/mol. The Morgan fingerprint density at radius 1 is 0.917 bits per heavy atom. The molecule has 0 spiro atoms. The van der Waals surface area contributed by atoms with Crippen molar-refractivity contribution in [2.45, 2.75) is 99.5 Å². The van der Waals surface area contributed by atoms with Crippen molar-refractivity contribution in [3.8, 4) is 11.8 Å². The van der Waals surface area contributed by atoms with E-state index in [2.05, 4.69) is 32.6 Å². The molecule has 0 aromatic carbocycles. The number of ether oxygens (including phenoxy) is 1. The van der Waals surface area contributed by atoms with Crippen LogP contribution in [0.1, 0.15) is 80.1 Å². The summed E-state index contributed by atoms with van der Waals surface area (Å²) in [4.78, 5) is 0. The average Bonchev–Trinajstić information content (AvgIpc) is 2.54. The summed E-state index contributed by atoms with van der Waals surface area (Å²) in [7, 11) is 0. The molecule has 0 aromatic rings. The molecule has 24 heavy (non-hydrogen) atoms. The SMILES string of the molecule is CCC[CH2][Sn]([CH2]CCC)([CH2]CCC)[CH2]OCC#CC(O)C(C)(C)C. The van der Waals surface area contributed by atoms with Crippen molar-refractivity contribution in [3.05, 3.63) is 0 Å². The van der Waals surface area contributed by atoms with Crippen LogP contribution in [-0.2, 0) is 4.74 Å². The van der Waals surface area contributed by atoms with Gasteiger partial charge < -0.3 is 0 Å². The van der Waals surface area contributed by atoms with Crippen molar-refractivity contribution < 1.29 is 9.84 Å². The predicted octanol–water partition coefficient (Wildman–Crippen LogP) is 5.80. The molecule has 2 nitrogen and oxygen atoms in total. The topological polar surface area (TPSA) is 29.5 Å². The van der Waals surface area contributed by atoms with Gasteiger partial charge in [-0.2, -0.15) is 0 Å². The monoisotopic (exact) mass is 446 g/mol. The summed E-state index contributed by atoms with van der Waals surface area (Å²) in [5.41, 5.74) is -0.181. The molecule has 0 radical (unpaired) electrons. The van der Waals surface area contributed by atoms with Crippen molar-refractivity contribution in [2.75, 3.05) is 11.2 Å². The standard InChI is InChI=1S/C9H15O2.3C4H9.Sn/c1-9(2,3)8(10)6-5-7-11-4;3*1-3-4-2;/h8,10H,4,7H2,1-3H3;3*1,3-4H2,2H3;. The fraction of sp³-hybridized carbons (Fsp3) is 0.905. The minimum atomic E-state index is -2.17. The van der Waals surface area contributed by atoms with E-state index in [1.165, 1.54) is 51.8 Å². The van der Waals surface area contributed by atoms with Gasteiger partial charge in [-0.25, -0.2) is 0 Å². The van der Waals surface area contributed by atoms with Gasteiger partial charge >= 0.3 is 156 Å². The second-order valence-electron chi connectivity index (χ2n) is 8.39. The molecule has 1 atom stereocenters. The van der Waals surface area contributed by atoms with Crippen LogP contribution >= 0.6 is 0 Å².